The van der Waals surface area contributed by atoms with Crippen LogP contribution in [-0.4, -0.2) is 25.7 Å². The lowest BCUT2D eigenvalue weighted by molar-refractivity contribution is 0.340. The Kier molecular flexibility index (Phi) is 4.63. The van der Waals surface area contributed by atoms with Crippen LogP contribution in [0.15, 0.2) is 12.1 Å². The maximum absolute atomic E-state index is 13.9. The lowest BCUT2D eigenvalue weighted by Crippen LogP contribution is -2.53. The van der Waals surface area contributed by atoms with Crippen molar-refractivity contribution in [1.82, 2.24) is 5.32 Å². The Morgan fingerprint density at radius 2 is 2.21 bits per heavy atom. The van der Waals surface area contributed by atoms with Gasteiger partial charge >= 0.3 is 0 Å². The third-order valence-electron chi connectivity index (χ3n) is 3.83. The molecule has 0 aliphatic carbocycles. The van der Waals surface area contributed by atoms with Crippen LogP contribution in [0.3, 0.4) is 0 Å². The van der Waals surface area contributed by atoms with Crippen molar-refractivity contribution in [3.05, 3.63) is 28.8 Å². The Morgan fingerprint density at radius 1 is 1.47 bits per heavy atom. The molecule has 0 bridgehead atoms. The second-order valence-electron chi connectivity index (χ2n) is 5.11. The molecule has 1 aliphatic rings. The van der Waals surface area contributed by atoms with E-state index in [2.05, 4.69) is 19.2 Å². The van der Waals surface area contributed by atoms with Crippen molar-refractivity contribution in [2.75, 3.05) is 24.5 Å². The minimum atomic E-state index is -0.639. The molecule has 0 radical (unpaired) electrons. The number of benzene rings is 1. The number of piperazine rings is 1. The van der Waals surface area contributed by atoms with Crippen LogP contribution in [0.5, 0.6) is 0 Å². The molecule has 1 aromatic carbocycles. The quantitative estimate of drug-likeness (QED) is 0.916. The number of hydrogen-bond donors (Lipinski definition) is 1. The van der Waals surface area contributed by atoms with Gasteiger partial charge in [-0.05, 0) is 12.0 Å². The minimum absolute atomic E-state index is 0.141. The van der Waals surface area contributed by atoms with Gasteiger partial charge in [-0.1, -0.05) is 31.9 Å². The van der Waals surface area contributed by atoms with Crippen LogP contribution in [-0.2, 0) is 0 Å². The average Bonchev–Trinajstić information content (AvgIpc) is 2.37. The largest absolute Gasteiger partial charge is 0.365 e. The molecule has 1 aromatic rings. The summed E-state index contributed by atoms with van der Waals surface area (Å²) < 4.78 is 27.0. The molecule has 1 heterocycles. The van der Waals surface area contributed by atoms with E-state index >= 15 is 0 Å². The van der Waals surface area contributed by atoms with E-state index in [1.54, 1.807) is 0 Å². The molecule has 1 N–H and O–H groups in total. The molecule has 2 unspecified atom stereocenters. The molecule has 1 aliphatic heterocycles. The summed E-state index contributed by atoms with van der Waals surface area (Å²) in [6, 6.07) is 2.36. The highest BCUT2D eigenvalue weighted by Gasteiger charge is 2.26. The predicted molar refractivity (Wildman–Crippen MR) is 74.8 cm³/mol. The average molecular weight is 289 g/mol. The summed E-state index contributed by atoms with van der Waals surface area (Å²) in [5, 5.41) is 3.58. The van der Waals surface area contributed by atoms with Crippen LogP contribution in [0.4, 0.5) is 14.5 Å². The molecule has 1 fully saturated rings. The van der Waals surface area contributed by atoms with Gasteiger partial charge in [0.1, 0.15) is 5.82 Å². The van der Waals surface area contributed by atoms with Crippen LogP contribution in [0.2, 0.25) is 5.02 Å². The fourth-order valence-corrected chi connectivity index (χ4v) is 2.80. The van der Waals surface area contributed by atoms with Gasteiger partial charge in [0.05, 0.1) is 10.7 Å². The molecular weight excluding hydrogens is 270 g/mol. The summed E-state index contributed by atoms with van der Waals surface area (Å²) in [5.74, 6) is -0.722. The Hall–Kier alpha value is -0.870. The Morgan fingerprint density at radius 3 is 2.84 bits per heavy atom. The molecule has 2 nitrogen and oxygen atoms in total. The summed E-state index contributed by atoms with van der Waals surface area (Å²) in [6.45, 7) is 6.45. The Bertz CT molecular complexity index is 430. The third kappa shape index (κ3) is 3.18. The van der Waals surface area contributed by atoms with Crippen molar-refractivity contribution >= 4 is 17.3 Å². The van der Waals surface area contributed by atoms with E-state index in [0.29, 0.717) is 30.7 Å². The highest BCUT2D eigenvalue weighted by Crippen LogP contribution is 2.31. The first kappa shape index (κ1) is 14.5. The zero-order chi connectivity index (χ0) is 14.0. The van der Waals surface area contributed by atoms with Crippen LogP contribution >= 0.6 is 11.6 Å². The van der Waals surface area contributed by atoms with Gasteiger partial charge in [-0.15, -0.1) is 0 Å². The topological polar surface area (TPSA) is 15.3 Å². The number of rotatable bonds is 3. The van der Waals surface area contributed by atoms with E-state index in [1.165, 1.54) is 6.07 Å². The van der Waals surface area contributed by atoms with Crippen molar-refractivity contribution in [2.45, 2.75) is 26.3 Å². The lowest BCUT2D eigenvalue weighted by atomic mass is 9.97. The monoisotopic (exact) mass is 288 g/mol. The second-order valence-corrected chi connectivity index (χ2v) is 5.52. The highest BCUT2D eigenvalue weighted by molar-refractivity contribution is 6.33. The fraction of sp³-hybridized carbons (Fsp3) is 0.571. The van der Waals surface area contributed by atoms with E-state index in [-0.39, 0.29) is 5.02 Å². The Labute approximate surface area is 117 Å². The van der Waals surface area contributed by atoms with Gasteiger partial charge in [-0.2, -0.15) is 0 Å². The molecule has 2 atom stereocenters. The van der Waals surface area contributed by atoms with Crippen LogP contribution in [0, 0.1) is 17.6 Å². The summed E-state index contributed by atoms with van der Waals surface area (Å²) in [5.41, 5.74) is 0.317. The number of hydrogen-bond acceptors (Lipinski definition) is 2. The van der Waals surface area contributed by atoms with Gasteiger partial charge < -0.3 is 10.2 Å². The number of nitrogens with one attached hydrogen (secondary N) is 1. The lowest BCUT2D eigenvalue weighted by Gasteiger charge is -2.38. The van der Waals surface area contributed by atoms with Crippen molar-refractivity contribution < 1.29 is 8.78 Å². The van der Waals surface area contributed by atoms with Gasteiger partial charge in [-0.3, -0.25) is 0 Å². The summed E-state index contributed by atoms with van der Waals surface area (Å²) in [4.78, 5) is 1.91. The summed E-state index contributed by atoms with van der Waals surface area (Å²) >= 11 is 5.99. The normalized spacial score (nSPS) is 21.5. The molecule has 19 heavy (non-hydrogen) atoms. The van der Waals surface area contributed by atoms with E-state index in [4.69, 9.17) is 11.6 Å². The van der Waals surface area contributed by atoms with Crippen molar-refractivity contribution in [2.24, 2.45) is 5.92 Å². The van der Waals surface area contributed by atoms with Crippen molar-refractivity contribution in [1.29, 1.82) is 0 Å². The maximum atomic E-state index is 13.9. The van der Waals surface area contributed by atoms with Gasteiger partial charge in [0, 0.05) is 31.7 Å². The third-order valence-corrected chi connectivity index (χ3v) is 4.12. The Balaban J connectivity index is 2.22. The van der Waals surface area contributed by atoms with Crippen molar-refractivity contribution in [3.63, 3.8) is 0 Å². The molecule has 106 valence electrons. The summed E-state index contributed by atoms with van der Waals surface area (Å²) in [6.07, 6.45) is 1.06. The van der Waals surface area contributed by atoms with E-state index in [9.17, 15) is 8.78 Å². The van der Waals surface area contributed by atoms with E-state index in [1.807, 2.05) is 4.90 Å². The molecule has 0 saturated carbocycles. The number of halogens is 3. The standard InChI is InChI=1S/C14H19ClF2N2/c1-3-9(2)13-8-19(5-4-18-13)14-11(15)6-10(16)7-12(14)17/h6-7,9,13,18H,3-5,8H2,1-2H3. The molecule has 0 spiro atoms. The SMILES string of the molecule is CCC(C)C1CN(c2c(F)cc(F)cc2Cl)CCN1. The smallest absolute Gasteiger partial charge is 0.150 e. The van der Waals surface area contributed by atoms with E-state index in [0.717, 1.165) is 19.0 Å². The summed E-state index contributed by atoms with van der Waals surface area (Å²) in [7, 11) is 0. The number of anilines is 1. The van der Waals surface area contributed by atoms with Gasteiger partial charge in [-0.25, -0.2) is 8.78 Å². The molecule has 5 heteroatoms. The minimum Gasteiger partial charge on any atom is -0.365 e. The molecule has 1 saturated heterocycles. The highest BCUT2D eigenvalue weighted by atomic mass is 35.5. The van der Waals surface area contributed by atoms with Gasteiger partial charge in [0.25, 0.3) is 0 Å². The predicted octanol–water partition coefficient (Wildman–Crippen LogP) is 3.44. The molecular formula is C14H19ClF2N2. The second kappa shape index (κ2) is 6.06. The van der Waals surface area contributed by atoms with Gasteiger partial charge in [0.15, 0.2) is 5.82 Å². The van der Waals surface area contributed by atoms with Crippen LogP contribution < -0.4 is 10.2 Å². The fourth-order valence-electron chi connectivity index (χ4n) is 2.48. The first-order valence-electron chi connectivity index (χ1n) is 6.65. The van der Waals surface area contributed by atoms with Gasteiger partial charge in [0.2, 0.25) is 0 Å². The molecule has 0 aromatic heterocycles. The molecule has 0 amide bonds. The van der Waals surface area contributed by atoms with Crippen LogP contribution in [0.1, 0.15) is 20.3 Å². The first-order valence-corrected chi connectivity index (χ1v) is 7.03. The zero-order valence-corrected chi connectivity index (χ0v) is 12.0. The number of nitrogens with zero attached hydrogens (tertiary/aromatic N) is 1. The first-order chi connectivity index (χ1) is 9.02. The van der Waals surface area contributed by atoms with Crippen LogP contribution in [0.25, 0.3) is 0 Å². The van der Waals surface area contributed by atoms with Crippen molar-refractivity contribution in [3.8, 4) is 0 Å². The maximum Gasteiger partial charge on any atom is 0.150 e. The van der Waals surface area contributed by atoms with E-state index < -0.39 is 11.6 Å². The zero-order valence-electron chi connectivity index (χ0n) is 11.2. The molecule has 2 rings (SSSR count).